The third-order valence-corrected chi connectivity index (χ3v) is 8.06. The minimum Gasteiger partial charge on any atom is -0.497 e. The number of carbonyl (C=O) groups is 1. The van der Waals surface area contributed by atoms with Crippen molar-refractivity contribution in [3.05, 3.63) is 72.3 Å². The maximum Gasteiger partial charge on any atom is 0.307 e. The summed E-state index contributed by atoms with van der Waals surface area (Å²) in [5.41, 5.74) is 1.62. The summed E-state index contributed by atoms with van der Waals surface area (Å²) in [6, 6.07) is 14.5. The van der Waals surface area contributed by atoms with Gasteiger partial charge in [-0.25, -0.2) is 8.42 Å². The summed E-state index contributed by atoms with van der Waals surface area (Å²) in [5.74, 6) is 0.518. The quantitative estimate of drug-likeness (QED) is 0.268. The number of benzene rings is 2. The Labute approximate surface area is 209 Å². The number of hydrogen-bond acceptors (Lipinski definition) is 6. The Morgan fingerprint density at radius 3 is 1.74 bits per heavy atom. The standard InChI is InChI=1S/C27H37NO6S/c1-7-8-21(4)26(17-27(29)34-20(2)3)35(30,31)28(18-22-9-13-24(32-5)14-10-22)19-23-11-15-25(33-6)16-12-23/h7,9-16,20-21,26H,1,8,17-19H2,2-6H3/t21-,26-/m1/s1. The molecule has 0 saturated carbocycles. The summed E-state index contributed by atoms with van der Waals surface area (Å²) in [6.07, 6.45) is 1.59. The lowest BCUT2D eigenvalue weighted by Crippen LogP contribution is -2.42. The molecule has 0 saturated heterocycles. The molecule has 192 valence electrons. The van der Waals surface area contributed by atoms with Crippen LogP contribution in [-0.4, -0.2) is 44.3 Å². The summed E-state index contributed by atoms with van der Waals surface area (Å²) in [4.78, 5) is 12.5. The maximum absolute atomic E-state index is 14.1. The zero-order chi connectivity index (χ0) is 26.0. The molecule has 2 aromatic carbocycles. The molecule has 0 aliphatic carbocycles. The number of esters is 1. The molecule has 0 spiro atoms. The topological polar surface area (TPSA) is 82.1 Å². The molecule has 0 aromatic heterocycles. The van der Waals surface area contributed by atoms with Gasteiger partial charge in [0, 0.05) is 13.1 Å². The van der Waals surface area contributed by atoms with E-state index < -0.39 is 21.2 Å². The van der Waals surface area contributed by atoms with E-state index in [-0.39, 0.29) is 31.5 Å². The summed E-state index contributed by atoms with van der Waals surface area (Å²) >= 11 is 0. The molecule has 0 bridgehead atoms. The molecule has 2 atom stereocenters. The Kier molecular flexibility index (Phi) is 10.8. The second kappa shape index (κ2) is 13.3. The molecule has 0 N–H and O–H groups in total. The molecule has 2 aromatic rings. The van der Waals surface area contributed by atoms with Crippen molar-refractivity contribution in [3.63, 3.8) is 0 Å². The first-order chi connectivity index (χ1) is 16.6. The first-order valence-electron chi connectivity index (χ1n) is 11.7. The van der Waals surface area contributed by atoms with Gasteiger partial charge in [0.1, 0.15) is 11.5 Å². The Morgan fingerprint density at radius 1 is 0.914 bits per heavy atom. The number of methoxy groups -OCH3 is 2. The fourth-order valence-corrected chi connectivity index (χ4v) is 5.87. The van der Waals surface area contributed by atoms with Crippen LogP contribution in [0, 0.1) is 5.92 Å². The molecule has 2 rings (SSSR count). The van der Waals surface area contributed by atoms with Crippen molar-refractivity contribution in [2.45, 2.75) is 58.1 Å². The predicted molar refractivity (Wildman–Crippen MR) is 138 cm³/mol. The third-order valence-electron chi connectivity index (χ3n) is 5.69. The number of sulfonamides is 1. The average Bonchev–Trinajstić information content (AvgIpc) is 2.82. The fourth-order valence-electron chi connectivity index (χ4n) is 3.79. The van der Waals surface area contributed by atoms with Crippen molar-refractivity contribution in [1.29, 1.82) is 0 Å². The van der Waals surface area contributed by atoms with Crippen LogP contribution < -0.4 is 9.47 Å². The summed E-state index contributed by atoms with van der Waals surface area (Å²) in [6.45, 7) is 9.37. The van der Waals surface area contributed by atoms with E-state index in [0.717, 1.165) is 11.1 Å². The van der Waals surface area contributed by atoms with E-state index in [2.05, 4.69) is 6.58 Å². The van der Waals surface area contributed by atoms with Crippen LogP contribution in [0.5, 0.6) is 11.5 Å². The van der Waals surface area contributed by atoms with Gasteiger partial charge in [0.05, 0.1) is 32.0 Å². The van der Waals surface area contributed by atoms with Gasteiger partial charge in [0.15, 0.2) is 0 Å². The van der Waals surface area contributed by atoms with Crippen LogP contribution in [0.4, 0.5) is 0 Å². The van der Waals surface area contributed by atoms with E-state index >= 15 is 0 Å². The highest BCUT2D eigenvalue weighted by Gasteiger charge is 2.38. The third kappa shape index (κ3) is 8.40. The molecule has 0 radical (unpaired) electrons. The van der Waals surface area contributed by atoms with Gasteiger partial charge in [-0.2, -0.15) is 4.31 Å². The molecule has 35 heavy (non-hydrogen) atoms. The van der Waals surface area contributed by atoms with Crippen molar-refractivity contribution in [2.75, 3.05) is 14.2 Å². The largest absolute Gasteiger partial charge is 0.497 e. The van der Waals surface area contributed by atoms with Crippen LogP contribution in [0.2, 0.25) is 0 Å². The van der Waals surface area contributed by atoms with Crippen LogP contribution in [0.15, 0.2) is 61.2 Å². The number of carbonyl (C=O) groups excluding carboxylic acids is 1. The van der Waals surface area contributed by atoms with Gasteiger partial charge in [0.2, 0.25) is 10.0 Å². The van der Waals surface area contributed by atoms with Crippen LogP contribution in [0.3, 0.4) is 0 Å². The zero-order valence-corrected chi connectivity index (χ0v) is 22.1. The second-order valence-corrected chi connectivity index (χ2v) is 10.9. The highest BCUT2D eigenvalue weighted by molar-refractivity contribution is 7.89. The Bertz CT molecular complexity index is 999. The number of hydrogen-bond donors (Lipinski definition) is 0. The molecule has 0 fully saturated rings. The number of ether oxygens (including phenoxy) is 3. The number of nitrogens with zero attached hydrogens (tertiary/aromatic N) is 1. The van der Waals surface area contributed by atoms with E-state index in [1.165, 1.54) is 4.31 Å². The Morgan fingerprint density at radius 2 is 1.37 bits per heavy atom. The Hall–Kier alpha value is -2.84. The lowest BCUT2D eigenvalue weighted by Gasteiger charge is -2.30. The Balaban J connectivity index is 2.45. The highest BCUT2D eigenvalue weighted by atomic mass is 32.2. The van der Waals surface area contributed by atoms with E-state index in [1.54, 1.807) is 58.4 Å². The molecular weight excluding hydrogens is 466 g/mol. The van der Waals surface area contributed by atoms with Crippen molar-refractivity contribution >= 4 is 16.0 Å². The van der Waals surface area contributed by atoms with E-state index in [1.807, 2.05) is 31.2 Å². The van der Waals surface area contributed by atoms with Crippen molar-refractivity contribution < 1.29 is 27.4 Å². The summed E-state index contributed by atoms with van der Waals surface area (Å²) in [5, 5.41) is -0.955. The molecule has 0 aliphatic heterocycles. The fraction of sp³-hybridized carbons (Fsp3) is 0.444. The average molecular weight is 504 g/mol. The second-order valence-electron chi connectivity index (χ2n) is 8.79. The minimum atomic E-state index is -3.92. The highest BCUT2D eigenvalue weighted by Crippen LogP contribution is 2.28. The lowest BCUT2D eigenvalue weighted by atomic mass is 10.0. The molecule has 0 amide bonds. The van der Waals surface area contributed by atoms with Gasteiger partial charge in [-0.05, 0) is 61.6 Å². The monoisotopic (exact) mass is 503 g/mol. The van der Waals surface area contributed by atoms with Crippen LogP contribution in [-0.2, 0) is 32.6 Å². The molecule has 0 aliphatic rings. The number of rotatable bonds is 14. The van der Waals surface area contributed by atoms with Crippen LogP contribution in [0.25, 0.3) is 0 Å². The minimum absolute atomic E-state index is 0.148. The molecule has 0 unspecified atom stereocenters. The van der Waals surface area contributed by atoms with Crippen LogP contribution >= 0.6 is 0 Å². The van der Waals surface area contributed by atoms with Gasteiger partial charge in [0.25, 0.3) is 0 Å². The first-order valence-corrected chi connectivity index (χ1v) is 13.2. The molecule has 7 nitrogen and oxygen atoms in total. The van der Waals surface area contributed by atoms with E-state index in [9.17, 15) is 13.2 Å². The normalized spacial score (nSPS) is 13.3. The van der Waals surface area contributed by atoms with Crippen molar-refractivity contribution in [1.82, 2.24) is 4.31 Å². The van der Waals surface area contributed by atoms with Gasteiger partial charge in [-0.15, -0.1) is 6.58 Å². The predicted octanol–water partition coefficient (Wildman–Crippen LogP) is 4.96. The zero-order valence-electron chi connectivity index (χ0n) is 21.3. The lowest BCUT2D eigenvalue weighted by molar-refractivity contribution is -0.147. The van der Waals surface area contributed by atoms with E-state index in [0.29, 0.717) is 17.9 Å². The SMILES string of the molecule is C=CC[C@@H](C)[C@@H](CC(=O)OC(C)C)S(=O)(=O)N(Cc1ccc(OC)cc1)Cc1ccc(OC)cc1. The smallest absolute Gasteiger partial charge is 0.307 e. The van der Waals surface area contributed by atoms with Gasteiger partial charge in [-0.3, -0.25) is 4.79 Å². The van der Waals surface area contributed by atoms with Gasteiger partial charge >= 0.3 is 5.97 Å². The van der Waals surface area contributed by atoms with E-state index in [4.69, 9.17) is 14.2 Å². The molecule has 8 heteroatoms. The van der Waals surface area contributed by atoms with Crippen molar-refractivity contribution in [2.24, 2.45) is 5.92 Å². The van der Waals surface area contributed by atoms with Gasteiger partial charge in [-0.1, -0.05) is 37.3 Å². The van der Waals surface area contributed by atoms with Crippen LogP contribution in [0.1, 0.15) is 44.7 Å². The first kappa shape index (κ1) is 28.4. The van der Waals surface area contributed by atoms with Crippen molar-refractivity contribution in [3.8, 4) is 11.5 Å². The number of allylic oxidation sites excluding steroid dienone is 1. The van der Waals surface area contributed by atoms with Gasteiger partial charge < -0.3 is 14.2 Å². The maximum atomic E-state index is 14.1. The molecule has 0 heterocycles. The summed E-state index contributed by atoms with van der Waals surface area (Å²) < 4.78 is 45.3. The molecular formula is C27H37NO6S. The summed E-state index contributed by atoms with van der Waals surface area (Å²) in [7, 11) is -0.760.